The molecule has 2 unspecified atom stereocenters. The van der Waals surface area contributed by atoms with E-state index >= 15 is 0 Å². The molecule has 2 atom stereocenters. The van der Waals surface area contributed by atoms with Gasteiger partial charge in [-0.3, -0.25) is 14.4 Å². The molecule has 1 rings (SSSR count). The Morgan fingerprint density at radius 1 is 1.47 bits per heavy atom. The lowest BCUT2D eigenvalue weighted by atomic mass is 10.0. The van der Waals surface area contributed by atoms with Gasteiger partial charge in [-0.05, 0) is 13.0 Å². The van der Waals surface area contributed by atoms with Crippen molar-refractivity contribution in [3.05, 3.63) is 0 Å². The number of ether oxygens (including phenoxy) is 1. The van der Waals surface area contributed by atoms with Gasteiger partial charge in [0, 0.05) is 6.04 Å². The van der Waals surface area contributed by atoms with E-state index in [0.717, 1.165) is 13.0 Å². The van der Waals surface area contributed by atoms with Crippen molar-refractivity contribution in [2.45, 2.75) is 19.4 Å². The second-order valence-corrected chi connectivity index (χ2v) is 3.93. The van der Waals surface area contributed by atoms with Gasteiger partial charge in [0.05, 0.1) is 19.1 Å². The highest BCUT2D eigenvalue weighted by Crippen LogP contribution is 2.13. The van der Waals surface area contributed by atoms with Gasteiger partial charge in [0.25, 0.3) is 5.91 Å². The molecule has 0 aromatic rings. The van der Waals surface area contributed by atoms with Crippen molar-refractivity contribution in [1.82, 2.24) is 10.8 Å². The Bertz CT molecular complexity index is 272. The molecule has 1 heterocycles. The molecule has 0 aliphatic carbocycles. The molecule has 0 bridgehead atoms. The van der Waals surface area contributed by atoms with E-state index in [-0.39, 0.29) is 24.5 Å². The quantitative estimate of drug-likeness (QED) is 0.475. The van der Waals surface area contributed by atoms with Crippen molar-refractivity contribution in [1.29, 1.82) is 0 Å². The summed E-state index contributed by atoms with van der Waals surface area (Å²) in [5.74, 6) is -1.22. The fourth-order valence-electron chi connectivity index (χ4n) is 1.60. The molecule has 17 heavy (non-hydrogen) atoms. The van der Waals surface area contributed by atoms with Gasteiger partial charge in [-0.1, -0.05) is 6.92 Å². The van der Waals surface area contributed by atoms with Crippen LogP contribution in [0.15, 0.2) is 0 Å². The lowest BCUT2D eigenvalue weighted by molar-refractivity contribution is -0.141. The van der Waals surface area contributed by atoms with E-state index < -0.39 is 5.91 Å². The highest BCUT2D eigenvalue weighted by Gasteiger charge is 2.33. The third kappa shape index (κ3) is 4.68. The lowest BCUT2D eigenvalue weighted by Crippen LogP contribution is -2.44. The standard InChI is InChI=1S/C10H19N3O4/c1-2-3-12-8-5-16-4-7(8)10(15)13-17-6-9(11)14/h7-8,12H,2-6H2,1H3,(H2,11,14)(H,13,15). The second-order valence-electron chi connectivity index (χ2n) is 3.93. The minimum atomic E-state index is -0.631. The van der Waals surface area contributed by atoms with E-state index in [1.807, 2.05) is 6.92 Å². The Labute approximate surface area is 100.0 Å². The van der Waals surface area contributed by atoms with Gasteiger partial charge in [-0.2, -0.15) is 0 Å². The van der Waals surface area contributed by atoms with E-state index in [9.17, 15) is 9.59 Å². The van der Waals surface area contributed by atoms with Crippen LogP contribution in [0.1, 0.15) is 13.3 Å². The monoisotopic (exact) mass is 245 g/mol. The minimum Gasteiger partial charge on any atom is -0.379 e. The minimum absolute atomic E-state index is 0.00729. The summed E-state index contributed by atoms with van der Waals surface area (Å²) in [6.07, 6.45) is 0.989. The topological polar surface area (TPSA) is 103 Å². The number of nitrogens with two attached hydrogens (primary N) is 1. The molecule has 1 aliphatic rings. The molecule has 0 spiro atoms. The second kappa shape index (κ2) is 7.21. The normalized spacial score (nSPS) is 23.6. The van der Waals surface area contributed by atoms with Crippen LogP contribution in [0.2, 0.25) is 0 Å². The number of rotatable bonds is 7. The molecule has 1 aliphatic heterocycles. The maximum Gasteiger partial charge on any atom is 0.250 e. The van der Waals surface area contributed by atoms with Crippen LogP contribution in [0.5, 0.6) is 0 Å². The number of carbonyl (C=O) groups is 2. The summed E-state index contributed by atoms with van der Waals surface area (Å²) in [7, 11) is 0. The van der Waals surface area contributed by atoms with Gasteiger partial charge < -0.3 is 15.8 Å². The first-order valence-electron chi connectivity index (χ1n) is 5.66. The Morgan fingerprint density at radius 3 is 2.88 bits per heavy atom. The molecular formula is C10H19N3O4. The van der Waals surface area contributed by atoms with Crippen LogP contribution in [0, 0.1) is 5.92 Å². The molecule has 7 heteroatoms. The third-order valence-electron chi connectivity index (χ3n) is 2.46. The average Bonchev–Trinajstić information content (AvgIpc) is 2.73. The average molecular weight is 245 g/mol. The van der Waals surface area contributed by atoms with Crippen LogP contribution in [0.3, 0.4) is 0 Å². The molecule has 1 saturated heterocycles. The maximum atomic E-state index is 11.7. The fraction of sp³-hybridized carbons (Fsp3) is 0.800. The van der Waals surface area contributed by atoms with Crippen LogP contribution >= 0.6 is 0 Å². The Hall–Kier alpha value is -1.18. The highest BCUT2D eigenvalue weighted by atomic mass is 16.7. The van der Waals surface area contributed by atoms with Crippen LogP contribution in [0.4, 0.5) is 0 Å². The van der Waals surface area contributed by atoms with Crippen molar-refractivity contribution < 1.29 is 19.2 Å². The van der Waals surface area contributed by atoms with Crippen LogP contribution in [-0.4, -0.2) is 44.2 Å². The number of hydroxylamine groups is 1. The Morgan fingerprint density at radius 2 is 2.24 bits per heavy atom. The highest BCUT2D eigenvalue weighted by molar-refractivity contribution is 5.79. The van der Waals surface area contributed by atoms with Crippen molar-refractivity contribution in [3.63, 3.8) is 0 Å². The first kappa shape index (κ1) is 13.9. The smallest absolute Gasteiger partial charge is 0.250 e. The van der Waals surface area contributed by atoms with Crippen LogP contribution in [-0.2, 0) is 19.2 Å². The van der Waals surface area contributed by atoms with Crippen LogP contribution in [0.25, 0.3) is 0 Å². The summed E-state index contributed by atoms with van der Waals surface area (Å²) in [5, 5.41) is 3.23. The van der Waals surface area contributed by atoms with E-state index in [4.69, 9.17) is 10.5 Å². The Kier molecular flexibility index (Phi) is 5.88. The zero-order chi connectivity index (χ0) is 12.7. The summed E-state index contributed by atoms with van der Waals surface area (Å²) in [6, 6.07) is -0.00729. The first-order chi connectivity index (χ1) is 8.15. The van der Waals surface area contributed by atoms with E-state index in [2.05, 4.69) is 15.6 Å². The van der Waals surface area contributed by atoms with E-state index in [1.54, 1.807) is 0 Å². The predicted molar refractivity (Wildman–Crippen MR) is 59.7 cm³/mol. The maximum absolute atomic E-state index is 11.7. The van der Waals surface area contributed by atoms with Crippen molar-refractivity contribution in [2.75, 3.05) is 26.4 Å². The molecule has 0 aromatic carbocycles. The molecule has 0 aromatic heterocycles. The number of primary amides is 1. The fourth-order valence-corrected chi connectivity index (χ4v) is 1.60. The Balaban J connectivity index is 2.31. The van der Waals surface area contributed by atoms with Gasteiger partial charge in [0.1, 0.15) is 0 Å². The van der Waals surface area contributed by atoms with Gasteiger partial charge in [0.2, 0.25) is 5.91 Å². The lowest BCUT2D eigenvalue weighted by Gasteiger charge is -2.17. The van der Waals surface area contributed by atoms with Gasteiger partial charge in [0.15, 0.2) is 6.61 Å². The molecule has 98 valence electrons. The number of amides is 2. The van der Waals surface area contributed by atoms with Crippen LogP contribution < -0.4 is 16.5 Å². The summed E-state index contributed by atoms with van der Waals surface area (Å²) in [5.41, 5.74) is 7.08. The molecule has 0 saturated carbocycles. The molecule has 2 amide bonds. The number of hydrogen-bond acceptors (Lipinski definition) is 5. The van der Waals surface area contributed by atoms with E-state index in [0.29, 0.717) is 13.2 Å². The summed E-state index contributed by atoms with van der Waals surface area (Å²) in [4.78, 5) is 26.8. The zero-order valence-electron chi connectivity index (χ0n) is 9.90. The largest absolute Gasteiger partial charge is 0.379 e. The molecule has 4 N–H and O–H groups in total. The number of carbonyl (C=O) groups excluding carboxylic acids is 2. The third-order valence-corrected chi connectivity index (χ3v) is 2.46. The summed E-state index contributed by atoms with van der Waals surface area (Å²) < 4.78 is 5.24. The molecule has 7 nitrogen and oxygen atoms in total. The number of nitrogens with one attached hydrogen (secondary N) is 2. The van der Waals surface area contributed by atoms with Gasteiger partial charge in [-0.25, -0.2) is 5.48 Å². The van der Waals surface area contributed by atoms with Crippen molar-refractivity contribution in [2.24, 2.45) is 11.7 Å². The van der Waals surface area contributed by atoms with Gasteiger partial charge in [-0.15, -0.1) is 0 Å². The SMILES string of the molecule is CCCNC1COCC1C(=O)NOCC(N)=O. The molecule has 0 radical (unpaired) electrons. The first-order valence-corrected chi connectivity index (χ1v) is 5.66. The van der Waals surface area contributed by atoms with Gasteiger partial charge >= 0.3 is 0 Å². The van der Waals surface area contributed by atoms with Crippen molar-refractivity contribution in [3.8, 4) is 0 Å². The number of hydrogen-bond donors (Lipinski definition) is 3. The predicted octanol–water partition coefficient (Wildman–Crippen LogP) is -1.47. The summed E-state index contributed by atoms with van der Waals surface area (Å²) in [6.45, 7) is 3.42. The molecule has 1 fully saturated rings. The van der Waals surface area contributed by atoms with E-state index in [1.165, 1.54) is 0 Å². The van der Waals surface area contributed by atoms with Crippen molar-refractivity contribution >= 4 is 11.8 Å². The molecular weight excluding hydrogens is 226 g/mol. The summed E-state index contributed by atoms with van der Waals surface area (Å²) >= 11 is 0. The zero-order valence-corrected chi connectivity index (χ0v) is 9.90.